The Hall–Kier alpha value is -2.47. The van der Waals surface area contributed by atoms with Gasteiger partial charge in [0.05, 0.1) is 26.2 Å². The van der Waals surface area contributed by atoms with Crippen LogP contribution in [0, 0.1) is 0 Å². The Labute approximate surface area is 132 Å². The summed E-state index contributed by atoms with van der Waals surface area (Å²) in [5.41, 5.74) is 7.33. The van der Waals surface area contributed by atoms with Crippen molar-refractivity contribution in [2.75, 3.05) is 20.0 Å². The Kier molecular flexibility index (Phi) is 3.77. The first-order valence-corrected chi connectivity index (χ1v) is 6.99. The Morgan fingerprint density at radius 2 is 2.00 bits per heavy atom. The summed E-state index contributed by atoms with van der Waals surface area (Å²) < 4.78 is 12.6. The number of hydrogen-bond donors (Lipinski definition) is 1. The van der Waals surface area contributed by atoms with Crippen LogP contribution in [0.1, 0.15) is 5.56 Å². The Morgan fingerprint density at radius 1 is 1.18 bits per heavy atom. The predicted molar refractivity (Wildman–Crippen MR) is 85.6 cm³/mol. The Bertz CT molecular complexity index is 832. The number of nitrogens with zero attached hydrogens (tertiary/aromatic N) is 3. The maximum absolute atomic E-state index is 6.10. The lowest BCUT2D eigenvalue weighted by atomic mass is 10.2. The minimum Gasteiger partial charge on any atom is -0.497 e. The van der Waals surface area contributed by atoms with Crippen molar-refractivity contribution in [1.82, 2.24) is 14.5 Å². The van der Waals surface area contributed by atoms with Crippen LogP contribution in [0.2, 0.25) is 5.15 Å². The van der Waals surface area contributed by atoms with Gasteiger partial charge in [-0.15, -0.1) is 0 Å². The van der Waals surface area contributed by atoms with E-state index >= 15 is 0 Å². The maximum Gasteiger partial charge on any atom is 0.223 e. The van der Waals surface area contributed by atoms with E-state index in [0.29, 0.717) is 17.3 Å². The molecule has 7 heteroatoms. The number of benzene rings is 1. The normalized spacial score (nSPS) is 10.9. The smallest absolute Gasteiger partial charge is 0.223 e. The van der Waals surface area contributed by atoms with E-state index in [-0.39, 0.29) is 5.95 Å². The third-order valence-corrected chi connectivity index (χ3v) is 3.71. The molecular weight excluding hydrogens is 304 g/mol. The van der Waals surface area contributed by atoms with E-state index in [1.165, 1.54) is 0 Å². The topological polar surface area (TPSA) is 75.2 Å². The molecule has 0 fully saturated rings. The molecule has 0 amide bonds. The fourth-order valence-corrected chi connectivity index (χ4v) is 2.59. The van der Waals surface area contributed by atoms with Gasteiger partial charge in [-0.25, -0.2) is 4.98 Å². The highest BCUT2D eigenvalue weighted by Gasteiger charge is 2.12. The number of halogens is 1. The summed E-state index contributed by atoms with van der Waals surface area (Å²) in [5, 5.41) is 1.11. The minimum absolute atomic E-state index is 0.148. The zero-order valence-corrected chi connectivity index (χ0v) is 13.0. The van der Waals surface area contributed by atoms with E-state index in [4.69, 9.17) is 26.8 Å². The van der Waals surface area contributed by atoms with E-state index in [2.05, 4.69) is 9.97 Å². The molecule has 0 aliphatic carbocycles. The molecule has 0 atom stereocenters. The molecule has 0 saturated carbocycles. The number of nitrogens with two attached hydrogens (primary N) is 1. The molecule has 2 heterocycles. The molecule has 6 nitrogen and oxygen atoms in total. The molecule has 0 spiro atoms. The van der Waals surface area contributed by atoms with Crippen molar-refractivity contribution in [3.63, 3.8) is 0 Å². The standard InChI is InChI=1S/C15H15ClN4O2/c1-21-10-3-4-12(22-2)9(7-10)8-20-6-5-11-13(16)18-15(17)19-14(11)20/h3-7H,8H2,1-2H3,(H2,17,18,19). The van der Waals surface area contributed by atoms with Crippen LogP contribution in [-0.2, 0) is 6.54 Å². The summed E-state index contributed by atoms with van der Waals surface area (Å²) in [5.74, 6) is 1.69. The summed E-state index contributed by atoms with van der Waals surface area (Å²) in [6, 6.07) is 7.52. The van der Waals surface area contributed by atoms with Crippen molar-refractivity contribution >= 4 is 28.6 Å². The van der Waals surface area contributed by atoms with Gasteiger partial charge in [-0.3, -0.25) is 0 Å². The molecule has 22 heavy (non-hydrogen) atoms. The third kappa shape index (κ3) is 2.53. The summed E-state index contributed by atoms with van der Waals surface area (Å²) in [6.45, 7) is 0.552. The zero-order chi connectivity index (χ0) is 15.7. The van der Waals surface area contributed by atoms with Gasteiger partial charge in [0.25, 0.3) is 0 Å². The van der Waals surface area contributed by atoms with Crippen LogP contribution in [-0.4, -0.2) is 28.8 Å². The quantitative estimate of drug-likeness (QED) is 0.749. The first-order chi connectivity index (χ1) is 10.6. The largest absolute Gasteiger partial charge is 0.497 e. The molecule has 0 aliphatic heterocycles. The van der Waals surface area contributed by atoms with Crippen LogP contribution in [0.3, 0.4) is 0 Å². The molecule has 2 aromatic heterocycles. The highest BCUT2D eigenvalue weighted by Crippen LogP contribution is 2.27. The van der Waals surface area contributed by atoms with Crippen LogP contribution in [0.25, 0.3) is 11.0 Å². The fourth-order valence-electron chi connectivity index (χ4n) is 2.36. The second-order valence-electron chi connectivity index (χ2n) is 4.73. The Balaban J connectivity index is 2.07. The van der Waals surface area contributed by atoms with Gasteiger partial charge in [-0.05, 0) is 24.3 Å². The third-order valence-electron chi connectivity index (χ3n) is 3.42. The van der Waals surface area contributed by atoms with Gasteiger partial charge in [0, 0.05) is 11.8 Å². The molecule has 2 N–H and O–H groups in total. The Morgan fingerprint density at radius 3 is 2.73 bits per heavy atom. The lowest BCUT2D eigenvalue weighted by molar-refractivity contribution is 0.398. The number of anilines is 1. The van der Waals surface area contributed by atoms with Gasteiger partial charge in [0.15, 0.2) is 0 Å². The SMILES string of the molecule is COc1ccc(OC)c(Cn2ccc3c(Cl)nc(N)nc32)c1. The number of ether oxygens (including phenoxy) is 2. The van der Waals surface area contributed by atoms with Crippen molar-refractivity contribution in [1.29, 1.82) is 0 Å². The second kappa shape index (κ2) is 5.73. The molecule has 0 aliphatic rings. The highest BCUT2D eigenvalue weighted by atomic mass is 35.5. The molecule has 0 radical (unpaired) electrons. The number of nitrogen functional groups attached to an aromatic ring is 1. The van der Waals surface area contributed by atoms with Gasteiger partial charge in [0.1, 0.15) is 22.3 Å². The molecule has 114 valence electrons. The molecule has 0 saturated heterocycles. The van der Waals surface area contributed by atoms with Crippen molar-refractivity contribution in [2.45, 2.75) is 6.54 Å². The number of aromatic nitrogens is 3. The van der Waals surface area contributed by atoms with Crippen LogP contribution < -0.4 is 15.2 Å². The van der Waals surface area contributed by atoms with Crippen molar-refractivity contribution in [3.05, 3.63) is 41.2 Å². The molecule has 0 bridgehead atoms. The summed E-state index contributed by atoms with van der Waals surface area (Å²) in [6.07, 6.45) is 1.89. The second-order valence-corrected chi connectivity index (χ2v) is 5.09. The van der Waals surface area contributed by atoms with Gasteiger partial charge in [-0.2, -0.15) is 4.98 Å². The average molecular weight is 319 g/mol. The molecular formula is C15H15ClN4O2. The number of rotatable bonds is 4. The zero-order valence-electron chi connectivity index (χ0n) is 12.2. The lowest BCUT2D eigenvalue weighted by Gasteiger charge is -2.12. The summed E-state index contributed by atoms with van der Waals surface area (Å²) >= 11 is 6.10. The summed E-state index contributed by atoms with van der Waals surface area (Å²) in [7, 11) is 3.26. The van der Waals surface area contributed by atoms with Crippen LogP contribution in [0.15, 0.2) is 30.5 Å². The van der Waals surface area contributed by atoms with Crippen molar-refractivity contribution < 1.29 is 9.47 Å². The first-order valence-electron chi connectivity index (χ1n) is 6.61. The number of methoxy groups -OCH3 is 2. The van der Waals surface area contributed by atoms with E-state index < -0.39 is 0 Å². The fraction of sp³-hybridized carbons (Fsp3) is 0.200. The van der Waals surface area contributed by atoms with E-state index in [1.54, 1.807) is 14.2 Å². The van der Waals surface area contributed by atoms with Gasteiger partial charge < -0.3 is 19.8 Å². The minimum atomic E-state index is 0.148. The van der Waals surface area contributed by atoms with Gasteiger partial charge in [0.2, 0.25) is 5.95 Å². The van der Waals surface area contributed by atoms with Gasteiger partial charge in [-0.1, -0.05) is 11.6 Å². The maximum atomic E-state index is 6.10. The van der Waals surface area contributed by atoms with Crippen LogP contribution >= 0.6 is 11.6 Å². The number of fused-ring (bicyclic) bond motifs is 1. The van der Waals surface area contributed by atoms with Crippen molar-refractivity contribution in [2.24, 2.45) is 0 Å². The van der Waals surface area contributed by atoms with Crippen LogP contribution in [0.5, 0.6) is 11.5 Å². The molecule has 3 aromatic rings. The van der Waals surface area contributed by atoms with E-state index in [0.717, 1.165) is 22.4 Å². The molecule has 1 aromatic carbocycles. The van der Waals surface area contributed by atoms with Crippen molar-refractivity contribution in [3.8, 4) is 11.5 Å². The van der Waals surface area contributed by atoms with E-state index in [1.807, 2.05) is 35.0 Å². The van der Waals surface area contributed by atoms with Crippen LogP contribution in [0.4, 0.5) is 5.95 Å². The van der Waals surface area contributed by atoms with E-state index in [9.17, 15) is 0 Å². The summed E-state index contributed by atoms with van der Waals surface area (Å²) in [4.78, 5) is 8.22. The highest BCUT2D eigenvalue weighted by molar-refractivity contribution is 6.34. The molecule has 3 rings (SSSR count). The monoisotopic (exact) mass is 318 g/mol. The van der Waals surface area contributed by atoms with Gasteiger partial charge >= 0.3 is 0 Å². The predicted octanol–water partition coefficient (Wildman–Crippen LogP) is 2.73. The number of hydrogen-bond acceptors (Lipinski definition) is 5. The average Bonchev–Trinajstić information content (AvgIpc) is 2.90. The lowest BCUT2D eigenvalue weighted by Crippen LogP contribution is -2.04. The first kappa shape index (κ1) is 14.5. The molecule has 0 unspecified atom stereocenters.